The average Bonchev–Trinajstić information content (AvgIpc) is 2.82. The Labute approximate surface area is 118 Å². The summed E-state index contributed by atoms with van der Waals surface area (Å²) in [6, 6.07) is 6.55. The summed E-state index contributed by atoms with van der Waals surface area (Å²) in [5.74, 6) is -0.246. The van der Waals surface area contributed by atoms with Gasteiger partial charge in [-0.3, -0.25) is 4.68 Å². The Kier molecular flexibility index (Phi) is 3.83. The second-order valence-corrected chi connectivity index (χ2v) is 5.49. The molecule has 2 unspecified atom stereocenters. The number of hydrogen-bond acceptors (Lipinski definition) is 2. The van der Waals surface area contributed by atoms with E-state index in [9.17, 15) is 9.50 Å². The largest absolute Gasteiger partial charge is 0.391 e. The molecule has 0 aliphatic heterocycles. The van der Waals surface area contributed by atoms with Crippen LogP contribution in [0.15, 0.2) is 36.7 Å². The maximum atomic E-state index is 13.3. The monoisotopic (exact) mass is 274 g/mol. The molecule has 1 heterocycles. The quantitative estimate of drug-likeness (QED) is 0.850. The molecule has 0 saturated heterocycles. The van der Waals surface area contributed by atoms with Gasteiger partial charge in [0.15, 0.2) is 0 Å². The van der Waals surface area contributed by atoms with Crippen molar-refractivity contribution in [1.29, 1.82) is 0 Å². The third-order valence-electron chi connectivity index (χ3n) is 4.04. The zero-order valence-electron chi connectivity index (χ0n) is 11.4. The summed E-state index contributed by atoms with van der Waals surface area (Å²) in [5.41, 5.74) is 1.71. The van der Waals surface area contributed by atoms with E-state index < -0.39 is 0 Å². The van der Waals surface area contributed by atoms with Gasteiger partial charge in [-0.05, 0) is 30.5 Å². The van der Waals surface area contributed by atoms with E-state index in [1.807, 2.05) is 16.9 Å². The fraction of sp³-hybridized carbons (Fsp3) is 0.438. The van der Waals surface area contributed by atoms with E-state index in [1.54, 1.807) is 12.3 Å². The van der Waals surface area contributed by atoms with Gasteiger partial charge in [0.05, 0.1) is 18.3 Å². The molecule has 3 rings (SSSR count). The first-order chi connectivity index (χ1) is 9.74. The molecule has 0 radical (unpaired) electrons. The van der Waals surface area contributed by atoms with E-state index in [2.05, 4.69) is 5.10 Å². The van der Waals surface area contributed by atoms with Crippen LogP contribution in [0.25, 0.3) is 11.1 Å². The summed E-state index contributed by atoms with van der Waals surface area (Å²) < 4.78 is 15.1. The molecule has 0 bridgehead atoms. The molecule has 1 saturated carbocycles. The highest BCUT2D eigenvalue weighted by atomic mass is 19.1. The fourth-order valence-corrected chi connectivity index (χ4v) is 2.91. The Morgan fingerprint density at radius 3 is 2.85 bits per heavy atom. The highest BCUT2D eigenvalue weighted by molar-refractivity contribution is 5.61. The van der Waals surface area contributed by atoms with Crippen LogP contribution in [0, 0.1) is 5.82 Å². The molecular weight excluding hydrogens is 255 g/mol. The third kappa shape index (κ3) is 2.75. The van der Waals surface area contributed by atoms with Crippen LogP contribution in [-0.4, -0.2) is 21.0 Å². The van der Waals surface area contributed by atoms with Crippen LogP contribution in [0.1, 0.15) is 38.1 Å². The predicted molar refractivity (Wildman–Crippen MR) is 75.7 cm³/mol. The van der Waals surface area contributed by atoms with Crippen molar-refractivity contribution < 1.29 is 9.50 Å². The van der Waals surface area contributed by atoms with E-state index >= 15 is 0 Å². The van der Waals surface area contributed by atoms with Crippen molar-refractivity contribution in [2.45, 2.75) is 44.2 Å². The van der Waals surface area contributed by atoms with Gasteiger partial charge in [0, 0.05) is 11.8 Å². The van der Waals surface area contributed by atoms with Crippen LogP contribution >= 0.6 is 0 Å². The maximum absolute atomic E-state index is 13.3. The van der Waals surface area contributed by atoms with E-state index in [1.165, 1.54) is 18.6 Å². The minimum atomic E-state index is -0.335. The molecule has 4 heteroatoms. The Balaban J connectivity index is 1.86. The number of halogens is 1. The normalized spacial score (nSPS) is 23.5. The zero-order valence-corrected chi connectivity index (χ0v) is 11.4. The fourth-order valence-electron chi connectivity index (χ4n) is 2.91. The summed E-state index contributed by atoms with van der Waals surface area (Å²) in [5, 5.41) is 14.6. The number of aliphatic hydroxyl groups excluding tert-OH is 1. The van der Waals surface area contributed by atoms with Crippen molar-refractivity contribution in [2.75, 3.05) is 0 Å². The molecule has 0 amide bonds. The molecular formula is C16H19FN2O. The smallest absolute Gasteiger partial charge is 0.123 e. The zero-order chi connectivity index (χ0) is 13.9. The number of hydrogen-bond donors (Lipinski definition) is 1. The van der Waals surface area contributed by atoms with Crippen LogP contribution in [0.2, 0.25) is 0 Å². The molecule has 3 nitrogen and oxygen atoms in total. The molecule has 2 aromatic rings. The van der Waals surface area contributed by atoms with Crippen molar-refractivity contribution in [3.8, 4) is 11.1 Å². The minimum Gasteiger partial charge on any atom is -0.391 e. The van der Waals surface area contributed by atoms with Crippen LogP contribution in [0.3, 0.4) is 0 Å². The molecule has 1 aliphatic rings. The molecule has 106 valence electrons. The molecule has 1 N–H and O–H groups in total. The molecule has 2 atom stereocenters. The van der Waals surface area contributed by atoms with Crippen LogP contribution < -0.4 is 0 Å². The van der Waals surface area contributed by atoms with Crippen molar-refractivity contribution in [3.05, 3.63) is 42.5 Å². The Morgan fingerprint density at radius 1 is 1.15 bits per heavy atom. The van der Waals surface area contributed by atoms with E-state index in [0.717, 1.165) is 36.8 Å². The lowest BCUT2D eigenvalue weighted by atomic mass is 10.1. The Morgan fingerprint density at radius 2 is 2.00 bits per heavy atom. The summed E-state index contributed by atoms with van der Waals surface area (Å²) in [6.07, 6.45) is 8.47. The van der Waals surface area contributed by atoms with Gasteiger partial charge in [0.25, 0.3) is 0 Å². The minimum absolute atomic E-state index is 0.0415. The number of benzene rings is 1. The van der Waals surface area contributed by atoms with Gasteiger partial charge < -0.3 is 5.11 Å². The van der Waals surface area contributed by atoms with Gasteiger partial charge in [-0.1, -0.05) is 31.4 Å². The van der Waals surface area contributed by atoms with Gasteiger partial charge in [0.1, 0.15) is 5.82 Å². The van der Waals surface area contributed by atoms with E-state index in [4.69, 9.17) is 0 Å². The number of nitrogens with zero attached hydrogens (tertiary/aromatic N) is 2. The standard InChI is InChI=1S/C16H19FN2O/c17-14-6-4-5-12(9-14)13-10-18-19(11-13)15-7-2-1-3-8-16(15)20/h4-6,9-11,15-16,20H,1-3,7-8H2. The molecule has 1 aliphatic carbocycles. The van der Waals surface area contributed by atoms with Gasteiger partial charge in [-0.25, -0.2) is 4.39 Å². The van der Waals surface area contributed by atoms with Crippen molar-refractivity contribution in [2.24, 2.45) is 0 Å². The molecule has 0 spiro atoms. The highest BCUT2D eigenvalue weighted by Crippen LogP contribution is 2.29. The average molecular weight is 274 g/mol. The van der Waals surface area contributed by atoms with Crippen molar-refractivity contribution in [3.63, 3.8) is 0 Å². The maximum Gasteiger partial charge on any atom is 0.123 e. The lowest BCUT2D eigenvalue weighted by Crippen LogP contribution is -2.23. The molecule has 1 aromatic carbocycles. The summed E-state index contributed by atoms with van der Waals surface area (Å²) in [7, 11) is 0. The molecule has 1 aromatic heterocycles. The Hall–Kier alpha value is -1.68. The van der Waals surface area contributed by atoms with E-state index in [-0.39, 0.29) is 18.0 Å². The predicted octanol–water partition coefficient (Wildman–Crippen LogP) is 3.56. The summed E-state index contributed by atoms with van der Waals surface area (Å²) in [4.78, 5) is 0. The van der Waals surface area contributed by atoms with E-state index in [0.29, 0.717) is 0 Å². The topological polar surface area (TPSA) is 38.0 Å². The van der Waals surface area contributed by atoms with Crippen LogP contribution in [-0.2, 0) is 0 Å². The first-order valence-electron chi connectivity index (χ1n) is 7.22. The summed E-state index contributed by atoms with van der Waals surface area (Å²) in [6.45, 7) is 0. The second kappa shape index (κ2) is 5.75. The number of rotatable bonds is 2. The van der Waals surface area contributed by atoms with Gasteiger partial charge >= 0.3 is 0 Å². The van der Waals surface area contributed by atoms with Crippen molar-refractivity contribution >= 4 is 0 Å². The lowest BCUT2D eigenvalue weighted by molar-refractivity contribution is 0.0991. The highest BCUT2D eigenvalue weighted by Gasteiger charge is 2.23. The first kappa shape index (κ1) is 13.3. The van der Waals surface area contributed by atoms with Crippen LogP contribution in [0.4, 0.5) is 4.39 Å². The van der Waals surface area contributed by atoms with Crippen LogP contribution in [0.5, 0.6) is 0 Å². The summed E-state index contributed by atoms with van der Waals surface area (Å²) >= 11 is 0. The molecule has 1 fully saturated rings. The van der Waals surface area contributed by atoms with Gasteiger partial charge in [-0.15, -0.1) is 0 Å². The van der Waals surface area contributed by atoms with Crippen molar-refractivity contribution in [1.82, 2.24) is 9.78 Å². The van der Waals surface area contributed by atoms with Gasteiger partial charge in [0.2, 0.25) is 0 Å². The van der Waals surface area contributed by atoms with Gasteiger partial charge in [-0.2, -0.15) is 5.10 Å². The Bertz CT molecular complexity index is 581. The second-order valence-electron chi connectivity index (χ2n) is 5.49. The third-order valence-corrected chi connectivity index (χ3v) is 4.04. The molecule has 20 heavy (non-hydrogen) atoms. The first-order valence-corrected chi connectivity index (χ1v) is 7.22. The lowest BCUT2D eigenvalue weighted by Gasteiger charge is -2.20. The number of aliphatic hydroxyl groups is 1. The number of aromatic nitrogens is 2. The SMILES string of the molecule is OC1CCCCCC1n1cc(-c2cccc(F)c2)cn1.